The molecular weight excluding hydrogens is 370 g/mol. The topological polar surface area (TPSA) is 46.2 Å². The Labute approximate surface area is 140 Å². The molecule has 1 saturated carbocycles. The van der Waals surface area contributed by atoms with Crippen LogP contribution in [0.4, 0.5) is 0 Å². The molecule has 0 aliphatic heterocycles. The molecule has 120 valence electrons. The summed E-state index contributed by atoms with van der Waals surface area (Å²) in [6, 6.07) is 2.44. The van der Waals surface area contributed by atoms with E-state index in [0.717, 1.165) is 42.4 Å². The van der Waals surface area contributed by atoms with Gasteiger partial charge < -0.3 is 5.32 Å². The van der Waals surface area contributed by atoms with Crippen LogP contribution in [-0.2, 0) is 9.84 Å². The highest BCUT2D eigenvalue weighted by molar-refractivity contribution is 9.11. The van der Waals surface area contributed by atoms with E-state index in [1.807, 2.05) is 0 Å². The Kier molecular flexibility index (Phi) is 6.29. The van der Waals surface area contributed by atoms with Gasteiger partial charge in [-0.25, -0.2) is 8.42 Å². The lowest BCUT2D eigenvalue weighted by Gasteiger charge is -2.34. The molecule has 1 aromatic heterocycles. The van der Waals surface area contributed by atoms with Gasteiger partial charge >= 0.3 is 0 Å². The highest BCUT2D eigenvalue weighted by Gasteiger charge is 2.33. The molecule has 0 saturated heterocycles. The van der Waals surface area contributed by atoms with Gasteiger partial charge in [-0.3, -0.25) is 0 Å². The first kappa shape index (κ1) is 17.4. The van der Waals surface area contributed by atoms with Crippen LogP contribution in [0.15, 0.2) is 15.2 Å². The lowest BCUT2D eigenvalue weighted by Crippen LogP contribution is -2.35. The van der Waals surface area contributed by atoms with E-state index in [9.17, 15) is 8.42 Å². The van der Waals surface area contributed by atoms with Crippen molar-refractivity contribution in [2.75, 3.05) is 12.8 Å². The van der Waals surface area contributed by atoms with Gasteiger partial charge in [-0.1, -0.05) is 13.3 Å². The van der Waals surface area contributed by atoms with Crippen LogP contribution in [0.2, 0.25) is 0 Å². The highest BCUT2D eigenvalue weighted by atomic mass is 79.9. The largest absolute Gasteiger partial charge is 0.310 e. The Balaban J connectivity index is 2.16. The van der Waals surface area contributed by atoms with E-state index in [1.165, 1.54) is 11.8 Å². The smallest absolute Gasteiger partial charge is 0.150 e. The molecule has 0 amide bonds. The van der Waals surface area contributed by atoms with E-state index in [2.05, 4.69) is 39.6 Å². The zero-order chi connectivity index (χ0) is 15.5. The van der Waals surface area contributed by atoms with Crippen LogP contribution >= 0.6 is 27.3 Å². The lowest BCUT2D eigenvalue weighted by molar-refractivity contribution is 0.273. The summed E-state index contributed by atoms with van der Waals surface area (Å²) in [5.41, 5.74) is 1.29. The second kappa shape index (κ2) is 7.57. The predicted octanol–water partition coefficient (Wildman–Crippen LogP) is 4.15. The van der Waals surface area contributed by atoms with Crippen molar-refractivity contribution in [3.63, 3.8) is 0 Å². The Hall–Kier alpha value is 0.0900. The number of hydrogen-bond donors (Lipinski definition) is 1. The molecule has 1 fully saturated rings. The molecule has 6 heteroatoms. The minimum absolute atomic E-state index is 0.163. The molecule has 0 aromatic carbocycles. The molecule has 3 atom stereocenters. The molecular formula is C15H24BrNO2S2. The second-order valence-corrected chi connectivity index (χ2v) is 10.6. The number of thiophene rings is 1. The monoisotopic (exact) mass is 393 g/mol. The Morgan fingerprint density at radius 1 is 1.48 bits per heavy atom. The van der Waals surface area contributed by atoms with Gasteiger partial charge in [-0.15, -0.1) is 11.3 Å². The Morgan fingerprint density at radius 2 is 2.24 bits per heavy atom. The fourth-order valence-corrected chi connectivity index (χ4v) is 5.62. The molecule has 1 heterocycles. The number of nitrogens with one attached hydrogen (secondary N) is 1. The summed E-state index contributed by atoms with van der Waals surface area (Å²) >= 11 is 5.23. The maximum Gasteiger partial charge on any atom is 0.150 e. The Bertz CT molecular complexity index is 556. The molecule has 1 aliphatic carbocycles. The van der Waals surface area contributed by atoms with Gasteiger partial charge in [-0.2, -0.15) is 0 Å². The summed E-state index contributed by atoms with van der Waals surface area (Å²) in [4.78, 5) is 0. The molecule has 1 aliphatic rings. The number of hydrogen-bond acceptors (Lipinski definition) is 4. The molecule has 1 N–H and O–H groups in total. The van der Waals surface area contributed by atoms with Crippen LogP contribution in [0.25, 0.3) is 0 Å². The van der Waals surface area contributed by atoms with Gasteiger partial charge in [0.15, 0.2) is 0 Å². The molecule has 2 rings (SSSR count). The molecule has 0 spiro atoms. The summed E-state index contributed by atoms with van der Waals surface area (Å²) in [5, 5.41) is 5.65. The minimum atomic E-state index is -2.92. The van der Waals surface area contributed by atoms with E-state index in [0.29, 0.717) is 5.92 Å². The average Bonchev–Trinajstić information content (AvgIpc) is 2.85. The normalized spacial score (nSPS) is 24.9. The van der Waals surface area contributed by atoms with Crippen molar-refractivity contribution in [2.45, 2.75) is 50.3 Å². The van der Waals surface area contributed by atoms with Gasteiger partial charge in [0, 0.05) is 12.3 Å². The molecule has 0 radical (unpaired) electrons. The SMILES string of the molecule is CCCNC(c1csc(Br)c1)C1CCCC(S(C)(=O)=O)C1. The molecule has 1 aromatic rings. The first-order valence-electron chi connectivity index (χ1n) is 7.58. The third-order valence-corrected chi connectivity index (χ3v) is 7.47. The van der Waals surface area contributed by atoms with E-state index < -0.39 is 9.84 Å². The van der Waals surface area contributed by atoms with Crippen molar-refractivity contribution in [1.29, 1.82) is 0 Å². The number of rotatable bonds is 6. The van der Waals surface area contributed by atoms with Crippen molar-refractivity contribution in [2.24, 2.45) is 5.92 Å². The summed E-state index contributed by atoms with van der Waals surface area (Å²) in [6.45, 7) is 3.13. The fraction of sp³-hybridized carbons (Fsp3) is 0.733. The van der Waals surface area contributed by atoms with E-state index in [1.54, 1.807) is 11.3 Å². The van der Waals surface area contributed by atoms with Crippen LogP contribution in [0, 0.1) is 5.92 Å². The average molecular weight is 394 g/mol. The first-order valence-corrected chi connectivity index (χ1v) is 11.2. The van der Waals surface area contributed by atoms with Crippen molar-refractivity contribution in [3.8, 4) is 0 Å². The van der Waals surface area contributed by atoms with Gasteiger partial charge in [0.2, 0.25) is 0 Å². The van der Waals surface area contributed by atoms with Crippen molar-refractivity contribution >= 4 is 37.1 Å². The van der Waals surface area contributed by atoms with Gasteiger partial charge in [0.1, 0.15) is 9.84 Å². The maximum atomic E-state index is 11.9. The van der Waals surface area contributed by atoms with Crippen molar-refractivity contribution in [1.82, 2.24) is 5.32 Å². The zero-order valence-electron chi connectivity index (χ0n) is 12.6. The predicted molar refractivity (Wildman–Crippen MR) is 93.6 cm³/mol. The van der Waals surface area contributed by atoms with Crippen molar-refractivity contribution < 1.29 is 8.42 Å². The third-order valence-electron chi connectivity index (χ3n) is 4.30. The maximum absolute atomic E-state index is 11.9. The first-order chi connectivity index (χ1) is 9.91. The Morgan fingerprint density at radius 3 is 2.81 bits per heavy atom. The summed E-state index contributed by atoms with van der Waals surface area (Å²) in [6.07, 6.45) is 6.20. The van der Waals surface area contributed by atoms with Crippen LogP contribution in [-0.4, -0.2) is 26.5 Å². The molecule has 3 nitrogen and oxygen atoms in total. The van der Waals surface area contributed by atoms with E-state index in [4.69, 9.17) is 0 Å². The van der Waals surface area contributed by atoms with Crippen LogP contribution in [0.3, 0.4) is 0 Å². The second-order valence-electron chi connectivity index (χ2n) is 5.99. The van der Waals surface area contributed by atoms with Gasteiger partial charge in [0.25, 0.3) is 0 Å². The molecule has 0 bridgehead atoms. The van der Waals surface area contributed by atoms with Crippen LogP contribution in [0.1, 0.15) is 50.6 Å². The van der Waals surface area contributed by atoms with E-state index >= 15 is 0 Å². The zero-order valence-corrected chi connectivity index (χ0v) is 15.9. The summed E-state index contributed by atoms with van der Waals surface area (Å²) < 4.78 is 24.9. The molecule has 21 heavy (non-hydrogen) atoms. The minimum Gasteiger partial charge on any atom is -0.310 e. The standard InChI is InChI=1S/C15H24BrNO2S2/c1-3-7-17-15(12-9-14(16)20-10-12)11-5-4-6-13(8-11)21(2,18)19/h9-11,13,15,17H,3-8H2,1-2H3. The highest BCUT2D eigenvalue weighted by Crippen LogP contribution is 2.38. The van der Waals surface area contributed by atoms with Crippen LogP contribution < -0.4 is 5.32 Å². The lowest BCUT2D eigenvalue weighted by atomic mass is 9.81. The van der Waals surface area contributed by atoms with Crippen LogP contribution in [0.5, 0.6) is 0 Å². The van der Waals surface area contributed by atoms with Gasteiger partial charge in [-0.05, 0) is 71.1 Å². The van der Waals surface area contributed by atoms with Crippen molar-refractivity contribution in [3.05, 3.63) is 20.8 Å². The third kappa shape index (κ3) is 4.78. The molecule has 3 unspecified atom stereocenters. The summed E-state index contributed by atoms with van der Waals surface area (Å²) in [7, 11) is -2.92. The van der Waals surface area contributed by atoms with Gasteiger partial charge in [0.05, 0.1) is 9.04 Å². The fourth-order valence-electron chi connectivity index (χ4n) is 3.22. The summed E-state index contributed by atoms with van der Waals surface area (Å²) in [5.74, 6) is 0.409. The number of halogens is 1. The van der Waals surface area contributed by atoms with E-state index in [-0.39, 0.29) is 11.3 Å². The number of sulfone groups is 1. The quantitative estimate of drug-likeness (QED) is 0.788.